The van der Waals surface area contributed by atoms with E-state index in [-0.39, 0.29) is 22.0 Å². The third-order valence-electron chi connectivity index (χ3n) is 4.89. The topological polar surface area (TPSA) is 96.3 Å². The lowest BCUT2D eigenvalue weighted by molar-refractivity contribution is -0.137. The summed E-state index contributed by atoms with van der Waals surface area (Å²) in [5.41, 5.74) is -0.221. The first-order valence-corrected chi connectivity index (χ1v) is 13.4. The first-order chi connectivity index (χ1) is 16.8. The third-order valence-corrected chi connectivity index (χ3v) is 6.97. The first kappa shape index (κ1) is 27.2. The van der Waals surface area contributed by atoms with Crippen LogP contribution >= 0.6 is 11.3 Å². The fourth-order valence-electron chi connectivity index (χ4n) is 2.96. The van der Waals surface area contributed by atoms with Gasteiger partial charge in [0.2, 0.25) is 0 Å². The lowest BCUT2D eigenvalue weighted by Crippen LogP contribution is -2.20. The number of carbonyl (C=O) groups is 1. The number of rotatable bonds is 8. The zero-order valence-electron chi connectivity index (χ0n) is 19.5. The normalized spacial score (nSPS) is 12.5. The molecule has 0 aliphatic carbocycles. The van der Waals surface area contributed by atoms with Crippen LogP contribution in [0.1, 0.15) is 18.7 Å². The van der Waals surface area contributed by atoms with Gasteiger partial charge >= 0.3 is 12.1 Å². The van der Waals surface area contributed by atoms with Crippen molar-refractivity contribution >= 4 is 44.2 Å². The van der Waals surface area contributed by atoms with Gasteiger partial charge in [-0.1, -0.05) is 38.1 Å². The predicted octanol–water partition coefficient (Wildman–Crippen LogP) is 6.42. The number of anilines is 1. The number of para-hydroxylation sites is 2. The number of esters is 1. The molecule has 6 nitrogen and oxygen atoms in total. The van der Waals surface area contributed by atoms with Crippen molar-refractivity contribution in [1.82, 2.24) is 0 Å². The molecule has 190 valence electrons. The van der Waals surface area contributed by atoms with Crippen LogP contribution in [0.4, 0.5) is 18.9 Å². The van der Waals surface area contributed by atoms with Crippen molar-refractivity contribution in [2.24, 2.45) is 5.92 Å². The van der Waals surface area contributed by atoms with E-state index in [2.05, 4.69) is 5.32 Å². The van der Waals surface area contributed by atoms with Gasteiger partial charge in [-0.2, -0.15) is 13.2 Å². The summed E-state index contributed by atoms with van der Waals surface area (Å²) < 4.78 is 68.8. The quantitative estimate of drug-likeness (QED) is 0.197. The summed E-state index contributed by atoms with van der Waals surface area (Å²) in [6.07, 6.45) is -3.13. The van der Waals surface area contributed by atoms with E-state index in [1.54, 1.807) is 49.6 Å². The van der Waals surface area contributed by atoms with Crippen molar-refractivity contribution in [2.45, 2.75) is 24.9 Å². The zero-order valence-corrected chi connectivity index (χ0v) is 21.1. The molecule has 0 fully saturated rings. The van der Waals surface area contributed by atoms with Crippen LogP contribution in [0.15, 0.2) is 70.9 Å². The molecule has 2 aromatic carbocycles. The third kappa shape index (κ3) is 6.82. The largest absolute Gasteiger partial charge is 0.432 e. The Bertz CT molecular complexity index is 1420. The Kier molecular flexibility index (Phi) is 8.05. The van der Waals surface area contributed by atoms with Gasteiger partial charge in [-0.15, -0.1) is 11.3 Å². The van der Waals surface area contributed by atoms with Crippen LogP contribution in [-0.4, -0.2) is 32.5 Å². The molecule has 1 heterocycles. The summed E-state index contributed by atoms with van der Waals surface area (Å²) in [5, 5.41) is 12.0. The standard InChI is InChI=1S/C25H23F3N2O4S2/c1-15(2)24(31)34-21-10-5-4-9-19(21)30-20(13-23(29)25(26,27)28)22-12-17(14-35-22)16-7-6-8-18(11-16)36(3,32)33/h4-15,29-30H,1-3H3/b20-13-,29-23?. The fourth-order valence-corrected chi connectivity index (χ4v) is 4.52. The maximum absolute atomic E-state index is 13.2. The molecule has 0 bridgehead atoms. The van der Waals surface area contributed by atoms with Gasteiger partial charge in [0.05, 0.1) is 27.1 Å². The lowest BCUT2D eigenvalue weighted by Gasteiger charge is -2.15. The van der Waals surface area contributed by atoms with Gasteiger partial charge in [0.15, 0.2) is 15.6 Å². The number of ether oxygens (including phenoxy) is 1. The van der Waals surface area contributed by atoms with Gasteiger partial charge in [-0.3, -0.25) is 10.2 Å². The Morgan fingerprint density at radius 2 is 1.78 bits per heavy atom. The van der Waals surface area contributed by atoms with E-state index in [0.29, 0.717) is 22.1 Å². The van der Waals surface area contributed by atoms with Crippen molar-refractivity contribution in [1.29, 1.82) is 5.41 Å². The van der Waals surface area contributed by atoms with Crippen LogP contribution < -0.4 is 10.1 Å². The molecule has 0 saturated heterocycles. The molecule has 0 spiro atoms. The van der Waals surface area contributed by atoms with Crippen molar-refractivity contribution in [2.75, 3.05) is 11.6 Å². The highest BCUT2D eigenvalue weighted by Crippen LogP contribution is 2.35. The summed E-state index contributed by atoms with van der Waals surface area (Å²) in [6, 6.07) is 14.1. The Morgan fingerprint density at radius 1 is 1.08 bits per heavy atom. The highest BCUT2D eigenvalue weighted by Gasteiger charge is 2.33. The Morgan fingerprint density at radius 3 is 2.42 bits per heavy atom. The van der Waals surface area contributed by atoms with Gasteiger partial charge < -0.3 is 10.1 Å². The highest BCUT2D eigenvalue weighted by atomic mass is 32.2. The van der Waals surface area contributed by atoms with E-state index >= 15 is 0 Å². The van der Waals surface area contributed by atoms with Gasteiger partial charge in [0.25, 0.3) is 0 Å². The average molecular weight is 537 g/mol. The maximum Gasteiger partial charge on any atom is 0.432 e. The Balaban J connectivity index is 2.04. The monoisotopic (exact) mass is 536 g/mol. The molecule has 36 heavy (non-hydrogen) atoms. The van der Waals surface area contributed by atoms with Crippen LogP contribution in [-0.2, 0) is 14.6 Å². The molecule has 0 unspecified atom stereocenters. The molecular weight excluding hydrogens is 513 g/mol. The minimum absolute atomic E-state index is 0.0408. The molecule has 1 aromatic heterocycles. The second-order valence-corrected chi connectivity index (χ2v) is 11.1. The number of alkyl halides is 3. The predicted molar refractivity (Wildman–Crippen MR) is 135 cm³/mol. The van der Waals surface area contributed by atoms with Gasteiger partial charge in [-0.05, 0) is 52.9 Å². The molecule has 0 saturated carbocycles. The number of hydrogen-bond acceptors (Lipinski definition) is 7. The van der Waals surface area contributed by atoms with E-state index in [1.807, 2.05) is 0 Å². The van der Waals surface area contributed by atoms with Crippen molar-refractivity contribution in [3.05, 3.63) is 70.9 Å². The molecule has 0 aliphatic heterocycles. The second-order valence-electron chi connectivity index (χ2n) is 8.17. The van der Waals surface area contributed by atoms with E-state index in [1.165, 1.54) is 24.3 Å². The lowest BCUT2D eigenvalue weighted by atomic mass is 10.1. The second kappa shape index (κ2) is 10.7. The average Bonchev–Trinajstić information content (AvgIpc) is 3.29. The minimum atomic E-state index is -4.87. The van der Waals surface area contributed by atoms with Crippen LogP contribution in [0.3, 0.4) is 0 Å². The number of benzene rings is 2. The summed E-state index contributed by atoms with van der Waals surface area (Å²) in [6.45, 7) is 3.31. The molecule has 3 aromatic rings. The number of nitrogens with one attached hydrogen (secondary N) is 2. The highest BCUT2D eigenvalue weighted by molar-refractivity contribution is 7.90. The fraction of sp³-hybridized carbons (Fsp3) is 0.200. The number of halogens is 3. The van der Waals surface area contributed by atoms with Gasteiger partial charge in [0.1, 0.15) is 5.71 Å². The first-order valence-electron chi connectivity index (χ1n) is 10.6. The summed E-state index contributed by atoms with van der Waals surface area (Å²) in [5.74, 6) is -0.811. The van der Waals surface area contributed by atoms with Crippen molar-refractivity contribution in [3.63, 3.8) is 0 Å². The van der Waals surface area contributed by atoms with E-state index in [0.717, 1.165) is 17.6 Å². The zero-order chi connectivity index (χ0) is 26.7. The molecule has 0 aliphatic rings. The summed E-state index contributed by atoms with van der Waals surface area (Å²) in [7, 11) is -3.45. The van der Waals surface area contributed by atoms with E-state index < -0.39 is 33.6 Å². The van der Waals surface area contributed by atoms with Crippen LogP contribution in [0, 0.1) is 11.3 Å². The number of sulfone groups is 1. The van der Waals surface area contributed by atoms with Crippen LogP contribution in [0.2, 0.25) is 0 Å². The number of carbonyl (C=O) groups excluding carboxylic acids is 1. The maximum atomic E-state index is 13.2. The molecule has 0 atom stereocenters. The van der Waals surface area contributed by atoms with Crippen molar-refractivity contribution in [3.8, 4) is 16.9 Å². The molecule has 0 amide bonds. The van der Waals surface area contributed by atoms with Gasteiger partial charge in [0, 0.05) is 6.26 Å². The Hall–Kier alpha value is -3.44. The van der Waals surface area contributed by atoms with Crippen LogP contribution in [0.25, 0.3) is 16.8 Å². The SMILES string of the molecule is CC(C)C(=O)Oc1ccccc1N/C(=C\C(=N)C(F)(F)F)c1cc(-c2cccc(S(C)(=O)=O)c2)cs1. The molecule has 11 heteroatoms. The number of thiophene rings is 1. The number of allylic oxidation sites excluding steroid dienone is 1. The van der Waals surface area contributed by atoms with Gasteiger partial charge in [-0.25, -0.2) is 8.42 Å². The summed E-state index contributed by atoms with van der Waals surface area (Å²) in [4.78, 5) is 12.6. The molecule has 3 rings (SSSR count). The van der Waals surface area contributed by atoms with Crippen molar-refractivity contribution < 1.29 is 31.1 Å². The Labute approximate surface area is 210 Å². The smallest absolute Gasteiger partial charge is 0.424 e. The van der Waals surface area contributed by atoms with E-state index in [4.69, 9.17) is 10.1 Å². The molecule has 2 N–H and O–H groups in total. The summed E-state index contributed by atoms with van der Waals surface area (Å²) >= 11 is 1.11. The minimum Gasteiger partial charge on any atom is -0.424 e. The van der Waals surface area contributed by atoms with E-state index in [9.17, 15) is 26.4 Å². The van der Waals surface area contributed by atoms with Crippen LogP contribution in [0.5, 0.6) is 5.75 Å². The molecule has 0 radical (unpaired) electrons. The number of hydrogen-bond donors (Lipinski definition) is 2. The molecular formula is C25H23F3N2O4S2.